The first kappa shape index (κ1) is 10.6. The van der Waals surface area contributed by atoms with Crippen molar-refractivity contribution in [3.63, 3.8) is 0 Å². The lowest BCUT2D eigenvalue weighted by molar-refractivity contribution is 0.137. The standard InChI is InChI=1S/C10H12O4S/c1-15(12,13)8-4-2-7(3-5-8)10(11)9-6-14-9/h2-5,9-11H,6H2,1H3/t9-,10+/m1/s1. The molecule has 1 aromatic carbocycles. The molecule has 15 heavy (non-hydrogen) atoms. The molecule has 1 heterocycles. The Balaban J connectivity index is 2.23. The average molecular weight is 228 g/mol. The Kier molecular flexibility index (Phi) is 2.54. The third kappa shape index (κ3) is 2.37. The van der Waals surface area contributed by atoms with Crippen LogP contribution in [0.2, 0.25) is 0 Å². The Bertz CT molecular complexity index is 445. The van der Waals surface area contributed by atoms with Gasteiger partial charge in [-0.25, -0.2) is 8.42 Å². The Labute approximate surface area is 88.4 Å². The number of benzene rings is 1. The van der Waals surface area contributed by atoms with Crippen LogP contribution in [0.25, 0.3) is 0 Å². The zero-order chi connectivity index (χ0) is 11.1. The van der Waals surface area contributed by atoms with E-state index in [1.807, 2.05) is 0 Å². The van der Waals surface area contributed by atoms with Gasteiger partial charge in [0, 0.05) is 6.26 Å². The van der Waals surface area contributed by atoms with E-state index in [0.29, 0.717) is 12.2 Å². The zero-order valence-corrected chi connectivity index (χ0v) is 9.07. The van der Waals surface area contributed by atoms with Crippen LogP contribution >= 0.6 is 0 Å². The first-order valence-corrected chi connectivity index (χ1v) is 6.47. The predicted molar refractivity (Wildman–Crippen MR) is 54.3 cm³/mol. The maximum atomic E-state index is 11.2. The quantitative estimate of drug-likeness (QED) is 0.766. The molecule has 0 saturated carbocycles. The molecular formula is C10H12O4S. The number of aliphatic hydroxyl groups is 1. The number of ether oxygens (including phenoxy) is 1. The third-order valence-electron chi connectivity index (χ3n) is 2.36. The van der Waals surface area contributed by atoms with E-state index in [2.05, 4.69) is 0 Å². The third-order valence-corrected chi connectivity index (χ3v) is 3.49. The molecule has 0 amide bonds. The van der Waals surface area contributed by atoms with Gasteiger partial charge in [0.15, 0.2) is 9.84 Å². The zero-order valence-electron chi connectivity index (χ0n) is 8.25. The maximum Gasteiger partial charge on any atom is 0.175 e. The van der Waals surface area contributed by atoms with Crippen molar-refractivity contribution in [2.45, 2.75) is 17.1 Å². The molecule has 2 atom stereocenters. The van der Waals surface area contributed by atoms with Crippen LogP contribution in [0.1, 0.15) is 11.7 Å². The van der Waals surface area contributed by atoms with Crippen LogP contribution < -0.4 is 0 Å². The molecule has 1 saturated heterocycles. The van der Waals surface area contributed by atoms with Crippen molar-refractivity contribution >= 4 is 9.84 Å². The molecule has 1 aliphatic heterocycles. The lowest BCUT2D eigenvalue weighted by Crippen LogP contribution is -2.05. The van der Waals surface area contributed by atoms with Crippen LogP contribution in [0, 0.1) is 0 Å². The Hall–Kier alpha value is -0.910. The molecule has 4 nitrogen and oxygen atoms in total. The van der Waals surface area contributed by atoms with Gasteiger partial charge in [-0.1, -0.05) is 12.1 Å². The summed E-state index contributed by atoms with van der Waals surface area (Å²) in [6, 6.07) is 6.22. The highest BCUT2D eigenvalue weighted by molar-refractivity contribution is 7.90. The SMILES string of the molecule is CS(=O)(=O)c1ccc([C@H](O)[C@H]2CO2)cc1. The van der Waals surface area contributed by atoms with Crippen molar-refractivity contribution in [3.8, 4) is 0 Å². The monoisotopic (exact) mass is 228 g/mol. The van der Waals surface area contributed by atoms with Gasteiger partial charge in [0.1, 0.15) is 12.2 Å². The summed E-state index contributed by atoms with van der Waals surface area (Å²) < 4.78 is 27.3. The second kappa shape index (κ2) is 3.59. The number of rotatable bonds is 3. The van der Waals surface area contributed by atoms with Gasteiger partial charge in [-0.2, -0.15) is 0 Å². The number of aliphatic hydroxyl groups excluding tert-OH is 1. The minimum Gasteiger partial charge on any atom is -0.386 e. The second-order valence-corrected chi connectivity index (χ2v) is 5.67. The molecule has 0 aromatic heterocycles. The van der Waals surface area contributed by atoms with E-state index in [-0.39, 0.29) is 11.0 Å². The fraction of sp³-hybridized carbons (Fsp3) is 0.400. The summed E-state index contributed by atoms with van der Waals surface area (Å²) in [5, 5.41) is 9.68. The van der Waals surface area contributed by atoms with Gasteiger partial charge in [-0.05, 0) is 17.7 Å². The van der Waals surface area contributed by atoms with Gasteiger partial charge in [-0.3, -0.25) is 0 Å². The molecule has 1 N–H and O–H groups in total. The minimum absolute atomic E-state index is 0.130. The largest absolute Gasteiger partial charge is 0.386 e. The number of epoxide rings is 1. The molecule has 0 unspecified atom stereocenters. The maximum absolute atomic E-state index is 11.2. The first-order valence-electron chi connectivity index (χ1n) is 4.58. The predicted octanol–water partition coefficient (Wildman–Crippen LogP) is 0.522. The number of hydrogen-bond donors (Lipinski definition) is 1. The highest BCUT2D eigenvalue weighted by Crippen LogP contribution is 2.27. The van der Waals surface area contributed by atoms with Crippen LogP contribution in [-0.4, -0.2) is 32.5 Å². The van der Waals surface area contributed by atoms with Crippen LogP contribution in [0.5, 0.6) is 0 Å². The Morgan fingerprint density at radius 1 is 1.40 bits per heavy atom. The first-order chi connectivity index (χ1) is 6.98. The minimum atomic E-state index is -3.16. The van der Waals surface area contributed by atoms with E-state index in [1.165, 1.54) is 12.1 Å². The molecule has 5 heteroatoms. The van der Waals surface area contributed by atoms with Crippen molar-refractivity contribution in [2.24, 2.45) is 0 Å². The molecule has 0 spiro atoms. The van der Waals surface area contributed by atoms with Gasteiger partial charge in [0.2, 0.25) is 0 Å². The molecule has 1 fully saturated rings. The molecule has 2 rings (SSSR count). The summed E-state index contributed by atoms with van der Waals surface area (Å²) in [7, 11) is -3.16. The van der Waals surface area contributed by atoms with Gasteiger partial charge in [0.25, 0.3) is 0 Å². The normalized spacial score (nSPS) is 22.4. The summed E-state index contributed by atoms with van der Waals surface area (Å²) in [5.41, 5.74) is 0.685. The fourth-order valence-electron chi connectivity index (χ4n) is 1.36. The van der Waals surface area contributed by atoms with Crippen molar-refractivity contribution < 1.29 is 18.3 Å². The summed E-state index contributed by atoms with van der Waals surface area (Å²) in [5.74, 6) is 0. The van der Waals surface area contributed by atoms with Crippen molar-refractivity contribution in [2.75, 3.05) is 12.9 Å². The van der Waals surface area contributed by atoms with Crippen molar-refractivity contribution in [1.82, 2.24) is 0 Å². The Morgan fingerprint density at radius 2 is 1.93 bits per heavy atom. The van der Waals surface area contributed by atoms with Crippen LogP contribution in [0.4, 0.5) is 0 Å². The highest BCUT2D eigenvalue weighted by atomic mass is 32.2. The van der Waals surface area contributed by atoms with Gasteiger partial charge >= 0.3 is 0 Å². The van der Waals surface area contributed by atoms with Crippen LogP contribution in [0.3, 0.4) is 0 Å². The molecule has 82 valence electrons. The van der Waals surface area contributed by atoms with E-state index >= 15 is 0 Å². The summed E-state index contributed by atoms with van der Waals surface area (Å²) >= 11 is 0. The van der Waals surface area contributed by atoms with Crippen molar-refractivity contribution in [1.29, 1.82) is 0 Å². The molecule has 0 aliphatic carbocycles. The lowest BCUT2D eigenvalue weighted by atomic mass is 10.1. The van der Waals surface area contributed by atoms with Crippen LogP contribution in [0.15, 0.2) is 29.2 Å². The molecule has 0 radical (unpaired) electrons. The molecule has 1 aromatic rings. The topological polar surface area (TPSA) is 66.9 Å². The van der Waals surface area contributed by atoms with E-state index in [4.69, 9.17) is 4.74 Å². The fourth-order valence-corrected chi connectivity index (χ4v) is 2.00. The summed E-state index contributed by atoms with van der Waals surface area (Å²) in [6.45, 7) is 0.564. The molecular weight excluding hydrogens is 216 g/mol. The van der Waals surface area contributed by atoms with Crippen molar-refractivity contribution in [3.05, 3.63) is 29.8 Å². The molecule has 1 aliphatic rings. The average Bonchev–Trinajstić information content (AvgIpc) is 2.99. The lowest BCUT2D eigenvalue weighted by Gasteiger charge is -2.07. The van der Waals surface area contributed by atoms with Crippen LogP contribution in [-0.2, 0) is 14.6 Å². The highest BCUT2D eigenvalue weighted by Gasteiger charge is 2.32. The number of hydrogen-bond acceptors (Lipinski definition) is 4. The smallest absolute Gasteiger partial charge is 0.175 e. The second-order valence-electron chi connectivity index (χ2n) is 3.66. The van der Waals surface area contributed by atoms with E-state index < -0.39 is 15.9 Å². The van der Waals surface area contributed by atoms with Gasteiger partial charge in [0.05, 0.1) is 11.5 Å². The Morgan fingerprint density at radius 3 is 2.33 bits per heavy atom. The van der Waals surface area contributed by atoms with E-state index in [9.17, 15) is 13.5 Å². The van der Waals surface area contributed by atoms with E-state index in [1.54, 1.807) is 12.1 Å². The summed E-state index contributed by atoms with van der Waals surface area (Å²) in [4.78, 5) is 0.259. The molecule has 0 bridgehead atoms. The van der Waals surface area contributed by atoms with Gasteiger partial charge in [-0.15, -0.1) is 0 Å². The van der Waals surface area contributed by atoms with Gasteiger partial charge < -0.3 is 9.84 Å². The summed E-state index contributed by atoms with van der Waals surface area (Å²) in [6.07, 6.45) is 0.371. The van der Waals surface area contributed by atoms with E-state index in [0.717, 1.165) is 6.26 Å². The number of sulfone groups is 1.